The van der Waals surface area contributed by atoms with Crippen molar-refractivity contribution in [3.05, 3.63) is 47.4 Å². The summed E-state index contributed by atoms with van der Waals surface area (Å²) in [5.74, 6) is 0.685. The number of benzene rings is 1. The summed E-state index contributed by atoms with van der Waals surface area (Å²) in [4.78, 5) is 9.02. The zero-order chi connectivity index (χ0) is 14.2. The molecule has 3 rings (SSSR count). The number of nitriles is 1. The molecule has 0 radical (unpaired) electrons. The van der Waals surface area contributed by atoms with Gasteiger partial charge in [-0.3, -0.25) is 0 Å². The molecule has 20 heavy (non-hydrogen) atoms. The van der Waals surface area contributed by atoms with E-state index in [2.05, 4.69) is 48.1 Å². The van der Waals surface area contributed by atoms with Crippen molar-refractivity contribution in [2.75, 3.05) is 0 Å². The quantitative estimate of drug-likeness (QED) is 0.830. The molecule has 1 aromatic carbocycles. The van der Waals surface area contributed by atoms with Gasteiger partial charge in [0.05, 0.1) is 11.8 Å². The van der Waals surface area contributed by atoms with Crippen LogP contribution in [0, 0.1) is 25.2 Å². The normalized spacial score (nSPS) is 16.2. The molecule has 1 heterocycles. The molecule has 0 amide bonds. The predicted octanol–water partition coefficient (Wildman–Crippen LogP) is 3.71. The number of hydrogen-bond acceptors (Lipinski definition) is 3. The smallest absolute Gasteiger partial charge is 0.149 e. The summed E-state index contributed by atoms with van der Waals surface area (Å²) in [6.07, 6.45) is 4.61. The van der Waals surface area contributed by atoms with Crippen LogP contribution in [0.1, 0.15) is 36.2 Å². The molecule has 1 fully saturated rings. The molecule has 1 aliphatic rings. The van der Waals surface area contributed by atoms with Crippen molar-refractivity contribution in [1.29, 1.82) is 5.26 Å². The maximum atomic E-state index is 9.42. The summed E-state index contributed by atoms with van der Waals surface area (Å²) >= 11 is 0. The Morgan fingerprint density at radius 2 is 2.00 bits per heavy atom. The number of aromatic nitrogens is 2. The minimum absolute atomic E-state index is 0.451. The van der Waals surface area contributed by atoms with Gasteiger partial charge in [-0.05, 0) is 50.8 Å². The lowest BCUT2D eigenvalue weighted by Crippen LogP contribution is -2.34. The fourth-order valence-corrected chi connectivity index (χ4v) is 2.67. The van der Waals surface area contributed by atoms with Gasteiger partial charge in [0.1, 0.15) is 11.2 Å². The molecule has 1 aliphatic carbocycles. The fraction of sp³-hybridized carbons (Fsp3) is 0.353. The Balaban J connectivity index is 2.08. The molecule has 0 aliphatic heterocycles. The lowest BCUT2D eigenvalue weighted by atomic mass is 9.69. The Bertz CT molecular complexity index is 694. The topological polar surface area (TPSA) is 49.6 Å². The van der Waals surface area contributed by atoms with E-state index in [4.69, 9.17) is 0 Å². The first-order chi connectivity index (χ1) is 9.64. The van der Waals surface area contributed by atoms with Crippen LogP contribution in [0.2, 0.25) is 0 Å². The molecule has 0 atom stereocenters. The van der Waals surface area contributed by atoms with Gasteiger partial charge in [-0.15, -0.1) is 0 Å². The van der Waals surface area contributed by atoms with E-state index in [0.29, 0.717) is 5.82 Å². The second kappa shape index (κ2) is 4.72. The first-order valence-electron chi connectivity index (χ1n) is 6.97. The monoisotopic (exact) mass is 263 g/mol. The highest BCUT2D eigenvalue weighted by Crippen LogP contribution is 2.41. The number of rotatable bonds is 2. The first-order valence-corrected chi connectivity index (χ1v) is 6.97. The Morgan fingerprint density at radius 3 is 2.65 bits per heavy atom. The van der Waals surface area contributed by atoms with Crippen LogP contribution in [-0.2, 0) is 5.41 Å². The van der Waals surface area contributed by atoms with E-state index in [9.17, 15) is 5.26 Å². The van der Waals surface area contributed by atoms with Crippen LogP contribution < -0.4 is 0 Å². The van der Waals surface area contributed by atoms with Gasteiger partial charge in [0, 0.05) is 11.8 Å². The van der Waals surface area contributed by atoms with Crippen molar-refractivity contribution in [1.82, 2.24) is 9.97 Å². The van der Waals surface area contributed by atoms with Crippen molar-refractivity contribution in [3.8, 4) is 17.3 Å². The highest BCUT2D eigenvalue weighted by molar-refractivity contribution is 5.64. The van der Waals surface area contributed by atoms with Crippen molar-refractivity contribution in [3.63, 3.8) is 0 Å². The Morgan fingerprint density at radius 1 is 1.20 bits per heavy atom. The zero-order valence-corrected chi connectivity index (χ0v) is 11.8. The third kappa shape index (κ3) is 1.98. The largest absolute Gasteiger partial charge is 0.240 e. The van der Waals surface area contributed by atoms with Gasteiger partial charge in [-0.2, -0.15) is 5.26 Å². The van der Waals surface area contributed by atoms with E-state index in [1.807, 2.05) is 6.07 Å². The zero-order valence-electron chi connectivity index (χ0n) is 11.8. The summed E-state index contributed by atoms with van der Waals surface area (Å²) in [6.45, 7) is 4.16. The molecule has 1 saturated carbocycles. The van der Waals surface area contributed by atoms with Gasteiger partial charge in [0.25, 0.3) is 0 Å². The van der Waals surface area contributed by atoms with Crippen molar-refractivity contribution in [2.24, 2.45) is 0 Å². The highest BCUT2D eigenvalue weighted by Gasteiger charge is 2.41. The van der Waals surface area contributed by atoms with Crippen LogP contribution in [0.3, 0.4) is 0 Å². The summed E-state index contributed by atoms with van der Waals surface area (Å²) in [7, 11) is 0. The summed E-state index contributed by atoms with van der Waals surface area (Å²) in [5.41, 5.74) is 4.00. The number of nitrogens with zero attached hydrogens (tertiary/aromatic N) is 3. The molecular weight excluding hydrogens is 246 g/mol. The van der Waals surface area contributed by atoms with Gasteiger partial charge < -0.3 is 0 Å². The number of aryl methyl sites for hydroxylation is 2. The molecule has 0 spiro atoms. The summed E-state index contributed by atoms with van der Waals surface area (Å²) in [5, 5.41) is 9.42. The van der Waals surface area contributed by atoms with E-state index in [0.717, 1.165) is 30.5 Å². The van der Waals surface area contributed by atoms with Crippen LogP contribution in [0.15, 0.2) is 30.5 Å². The van der Waals surface area contributed by atoms with E-state index in [-0.39, 0.29) is 0 Å². The SMILES string of the molecule is Cc1ccc(C)c(-c2ccnc(C3(C#N)CCC3)n2)c1. The lowest BCUT2D eigenvalue weighted by Gasteiger charge is -2.33. The molecule has 3 heteroatoms. The lowest BCUT2D eigenvalue weighted by molar-refractivity contribution is 0.307. The van der Waals surface area contributed by atoms with Crippen molar-refractivity contribution < 1.29 is 0 Å². The van der Waals surface area contributed by atoms with Crippen LogP contribution in [0.4, 0.5) is 0 Å². The molecule has 0 bridgehead atoms. The van der Waals surface area contributed by atoms with Crippen molar-refractivity contribution >= 4 is 0 Å². The molecule has 3 nitrogen and oxygen atoms in total. The molecule has 0 N–H and O–H groups in total. The Hall–Kier alpha value is -2.21. The van der Waals surface area contributed by atoms with Crippen LogP contribution in [0.25, 0.3) is 11.3 Å². The third-order valence-electron chi connectivity index (χ3n) is 4.17. The van der Waals surface area contributed by atoms with Crippen LogP contribution in [-0.4, -0.2) is 9.97 Å². The minimum atomic E-state index is -0.451. The minimum Gasteiger partial charge on any atom is -0.240 e. The highest BCUT2D eigenvalue weighted by atomic mass is 14.9. The fourth-order valence-electron chi connectivity index (χ4n) is 2.67. The molecule has 100 valence electrons. The molecule has 0 unspecified atom stereocenters. The van der Waals surface area contributed by atoms with Gasteiger partial charge in [0.15, 0.2) is 0 Å². The number of hydrogen-bond donors (Lipinski definition) is 0. The average Bonchev–Trinajstić information content (AvgIpc) is 2.41. The second-order valence-electron chi connectivity index (χ2n) is 5.63. The van der Waals surface area contributed by atoms with E-state index in [1.54, 1.807) is 6.20 Å². The van der Waals surface area contributed by atoms with Gasteiger partial charge in [0.2, 0.25) is 0 Å². The van der Waals surface area contributed by atoms with Crippen molar-refractivity contribution in [2.45, 2.75) is 38.5 Å². The van der Waals surface area contributed by atoms with E-state index in [1.165, 1.54) is 11.1 Å². The van der Waals surface area contributed by atoms with E-state index < -0.39 is 5.41 Å². The predicted molar refractivity (Wildman–Crippen MR) is 78.1 cm³/mol. The maximum Gasteiger partial charge on any atom is 0.149 e. The van der Waals surface area contributed by atoms with Gasteiger partial charge >= 0.3 is 0 Å². The van der Waals surface area contributed by atoms with Gasteiger partial charge in [-0.1, -0.05) is 17.7 Å². The third-order valence-corrected chi connectivity index (χ3v) is 4.17. The molecular formula is C17H17N3. The molecule has 2 aromatic rings. The van der Waals surface area contributed by atoms with Crippen LogP contribution in [0.5, 0.6) is 0 Å². The summed E-state index contributed by atoms with van der Waals surface area (Å²) < 4.78 is 0. The second-order valence-corrected chi connectivity index (χ2v) is 5.63. The molecule has 0 saturated heterocycles. The Labute approximate surface area is 119 Å². The van der Waals surface area contributed by atoms with Crippen LogP contribution >= 0.6 is 0 Å². The first kappa shape index (κ1) is 12.8. The Kier molecular flexibility index (Phi) is 3.02. The average molecular weight is 263 g/mol. The maximum absolute atomic E-state index is 9.42. The standard InChI is InChI=1S/C17H17N3/c1-12-4-5-13(2)14(10-12)15-6-9-19-16(20-15)17(11-18)7-3-8-17/h4-6,9-10H,3,7-8H2,1-2H3. The van der Waals surface area contributed by atoms with Gasteiger partial charge in [-0.25, -0.2) is 9.97 Å². The molecule has 1 aromatic heterocycles. The summed E-state index contributed by atoms with van der Waals surface area (Å²) in [6, 6.07) is 10.7. The van der Waals surface area contributed by atoms with E-state index >= 15 is 0 Å².